The van der Waals surface area contributed by atoms with Gasteiger partial charge >= 0.3 is 6.18 Å². The Labute approximate surface area is 137 Å². The van der Waals surface area contributed by atoms with Gasteiger partial charge in [-0.1, -0.05) is 12.1 Å². The SMILES string of the molecule is COc1ccc(N[C@@](C#N)(c2cccc(OC)c2)C(F)(F)F)cc1. The van der Waals surface area contributed by atoms with Crippen LogP contribution in [0.4, 0.5) is 18.9 Å². The van der Waals surface area contributed by atoms with Crippen LogP contribution in [0.15, 0.2) is 48.5 Å². The average Bonchev–Trinajstić information content (AvgIpc) is 2.59. The number of hydrogen-bond donors (Lipinski definition) is 1. The topological polar surface area (TPSA) is 54.3 Å². The number of nitrogens with one attached hydrogen (secondary N) is 1. The highest BCUT2D eigenvalue weighted by Crippen LogP contribution is 2.42. The molecular formula is C17H15F3N2O2. The number of nitriles is 1. The van der Waals surface area contributed by atoms with Crippen molar-refractivity contribution in [1.82, 2.24) is 0 Å². The van der Waals surface area contributed by atoms with Gasteiger partial charge in [0.25, 0.3) is 0 Å². The third kappa shape index (κ3) is 3.23. The van der Waals surface area contributed by atoms with Crippen LogP contribution in [0.25, 0.3) is 0 Å². The largest absolute Gasteiger partial charge is 0.497 e. The Hall–Kier alpha value is -2.88. The van der Waals surface area contributed by atoms with Crippen molar-refractivity contribution in [3.05, 3.63) is 54.1 Å². The molecule has 0 aromatic heterocycles. The molecule has 2 rings (SSSR count). The van der Waals surface area contributed by atoms with Gasteiger partial charge in [0.05, 0.1) is 14.2 Å². The Morgan fingerprint density at radius 3 is 2.08 bits per heavy atom. The summed E-state index contributed by atoms with van der Waals surface area (Å²) >= 11 is 0. The number of hydrogen-bond acceptors (Lipinski definition) is 4. The third-order valence-electron chi connectivity index (χ3n) is 3.52. The molecule has 0 amide bonds. The third-order valence-corrected chi connectivity index (χ3v) is 3.52. The van der Waals surface area contributed by atoms with E-state index in [9.17, 15) is 18.4 Å². The second-order valence-corrected chi connectivity index (χ2v) is 4.95. The predicted molar refractivity (Wildman–Crippen MR) is 83.0 cm³/mol. The quantitative estimate of drug-likeness (QED) is 0.893. The smallest absolute Gasteiger partial charge is 0.429 e. The van der Waals surface area contributed by atoms with Crippen LogP contribution in [0.1, 0.15) is 5.56 Å². The van der Waals surface area contributed by atoms with E-state index in [0.717, 1.165) is 0 Å². The van der Waals surface area contributed by atoms with Crippen molar-refractivity contribution in [2.75, 3.05) is 19.5 Å². The van der Waals surface area contributed by atoms with Gasteiger partial charge < -0.3 is 14.8 Å². The first-order chi connectivity index (χ1) is 11.4. The van der Waals surface area contributed by atoms with Crippen LogP contribution in [0.5, 0.6) is 11.5 Å². The summed E-state index contributed by atoms with van der Waals surface area (Å²) in [4.78, 5) is 0. The standard InChI is InChI=1S/C17H15F3N2O2/c1-23-14-8-6-13(7-9-14)22-16(11-21,17(18,19)20)12-4-3-5-15(10-12)24-2/h3-10,22H,1-2H3/t16-/m0/s1. The van der Waals surface area contributed by atoms with Gasteiger partial charge in [-0.15, -0.1) is 0 Å². The molecule has 0 saturated heterocycles. The van der Waals surface area contributed by atoms with E-state index in [-0.39, 0.29) is 17.0 Å². The summed E-state index contributed by atoms with van der Waals surface area (Å²) in [5.74, 6) is 0.726. The maximum atomic E-state index is 13.8. The molecule has 0 aliphatic carbocycles. The maximum absolute atomic E-state index is 13.8. The minimum atomic E-state index is -4.85. The van der Waals surface area contributed by atoms with Crippen molar-refractivity contribution >= 4 is 5.69 Å². The zero-order valence-electron chi connectivity index (χ0n) is 13.0. The van der Waals surface area contributed by atoms with Crippen LogP contribution < -0.4 is 14.8 Å². The van der Waals surface area contributed by atoms with Crippen molar-refractivity contribution in [2.24, 2.45) is 0 Å². The fraction of sp³-hybridized carbons (Fsp3) is 0.235. The molecule has 7 heteroatoms. The summed E-state index contributed by atoms with van der Waals surface area (Å²) in [6.07, 6.45) is -4.85. The molecule has 2 aromatic rings. The summed E-state index contributed by atoms with van der Waals surface area (Å²) in [7, 11) is 2.80. The minimum absolute atomic E-state index is 0.137. The maximum Gasteiger partial charge on any atom is 0.429 e. The lowest BCUT2D eigenvalue weighted by atomic mass is 9.90. The molecule has 0 saturated carbocycles. The molecule has 1 atom stereocenters. The summed E-state index contributed by atoms with van der Waals surface area (Å²) in [6, 6.07) is 12.6. The first-order valence-electron chi connectivity index (χ1n) is 6.91. The molecule has 0 aliphatic rings. The Morgan fingerprint density at radius 1 is 0.958 bits per heavy atom. The second-order valence-electron chi connectivity index (χ2n) is 4.95. The molecular weight excluding hydrogens is 321 g/mol. The summed E-state index contributed by atoms with van der Waals surface area (Å²) in [6.45, 7) is 0. The highest BCUT2D eigenvalue weighted by Gasteiger charge is 2.57. The first-order valence-corrected chi connectivity index (χ1v) is 6.91. The van der Waals surface area contributed by atoms with Gasteiger partial charge in [-0.25, -0.2) is 0 Å². The number of alkyl halides is 3. The van der Waals surface area contributed by atoms with E-state index in [2.05, 4.69) is 5.32 Å². The molecule has 0 unspecified atom stereocenters. The van der Waals surface area contributed by atoms with Gasteiger partial charge in [-0.05, 0) is 36.4 Å². The lowest BCUT2D eigenvalue weighted by Gasteiger charge is -2.31. The summed E-state index contributed by atoms with van der Waals surface area (Å²) in [5, 5.41) is 11.7. The summed E-state index contributed by atoms with van der Waals surface area (Å²) in [5.41, 5.74) is -3.03. The monoisotopic (exact) mass is 336 g/mol. The molecule has 0 bridgehead atoms. The van der Waals surface area contributed by atoms with Crippen molar-refractivity contribution in [2.45, 2.75) is 11.7 Å². The number of ether oxygens (including phenoxy) is 2. The molecule has 1 N–H and O–H groups in total. The lowest BCUT2D eigenvalue weighted by molar-refractivity contribution is -0.165. The Kier molecular flexibility index (Phi) is 4.88. The molecule has 0 radical (unpaired) electrons. The number of rotatable bonds is 5. The molecule has 0 spiro atoms. The number of nitrogens with zero attached hydrogens (tertiary/aromatic N) is 1. The van der Waals surface area contributed by atoms with Crippen molar-refractivity contribution in [3.8, 4) is 17.6 Å². The van der Waals surface area contributed by atoms with Gasteiger partial charge in [0.15, 0.2) is 0 Å². The van der Waals surface area contributed by atoms with Crippen LogP contribution in [0.3, 0.4) is 0 Å². The van der Waals surface area contributed by atoms with Crippen LogP contribution in [0, 0.1) is 11.3 Å². The van der Waals surface area contributed by atoms with E-state index in [4.69, 9.17) is 9.47 Å². The molecule has 2 aromatic carbocycles. The molecule has 4 nitrogen and oxygen atoms in total. The number of methoxy groups -OCH3 is 2. The normalized spacial score (nSPS) is 13.5. The highest BCUT2D eigenvalue weighted by molar-refractivity contribution is 5.54. The van der Waals surface area contributed by atoms with E-state index in [1.807, 2.05) is 0 Å². The van der Waals surface area contributed by atoms with Gasteiger partial charge in [-0.2, -0.15) is 18.4 Å². The second kappa shape index (κ2) is 6.71. The fourth-order valence-corrected chi connectivity index (χ4v) is 2.21. The Morgan fingerprint density at radius 2 is 1.58 bits per heavy atom. The van der Waals surface area contributed by atoms with Crippen molar-refractivity contribution in [3.63, 3.8) is 0 Å². The summed E-state index contributed by atoms with van der Waals surface area (Å²) < 4.78 is 51.3. The van der Waals surface area contributed by atoms with E-state index >= 15 is 0 Å². The zero-order chi connectivity index (χ0) is 17.8. The van der Waals surface area contributed by atoms with Gasteiger partial charge in [0.1, 0.15) is 17.6 Å². The average molecular weight is 336 g/mol. The molecule has 0 fully saturated rings. The van der Waals surface area contributed by atoms with Gasteiger partial charge in [0.2, 0.25) is 5.54 Å². The van der Waals surface area contributed by atoms with E-state index in [1.165, 1.54) is 68.8 Å². The Bertz CT molecular complexity index is 739. The minimum Gasteiger partial charge on any atom is -0.497 e. The van der Waals surface area contributed by atoms with Crippen LogP contribution in [-0.2, 0) is 5.54 Å². The lowest BCUT2D eigenvalue weighted by Crippen LogP contribution is -2.47. The van der Waals surface area contributed by atoms with Crippen LogP contribution in [0.2, 0.25) is 0 Å². The number of halogens is 3. The fourth-order valence-electron chi connectivity index (χ4n) is 2.21. The van der Waals surface area contributed by atoms with Crippen LogP contribution >= 0.6 is 0 Å². The van der Waals surface area contributed by atoms with Crippen molar-refractivity contribution < 1.29 is 22.6 Å². The highest BCUT2D eigenvalue weighted by atomic mass is 19.4. The molecule has 24 heavy (non-hydrogen) atoms. The van der Waals surface area contributed by atoms with E-state index in [1.54, 1.807) is 0 Å². The van der Waals surface area contributed by atoms with Gasteiger partial charge in [-0.3, -0.25) is 0 Å². The zero-order valence-corrected chi connectivity index (χ0v) is 13.0. The predicted octanol–water partition coefficient (Wildman–Crippen LogP) is 4.10. The van der Waals surface area contributed by atoms with Crippen LogP contribution in [-0.4, -0.2) is 20.4 Å². The van der Waals surface area contributed by atoms with Gasteiger partial charge in [0, 0.05) is 11.3 Å². The van der Waals surface area contributed by atoms with E-state index < -0.39 is 11.7 Å². The van der Waals surface area contributed by atoms with E-state index in [0.29, 0.717) is 5.75 Å². The number of anilines is 1. The molecule has 0 heterocycles. The molecule has 0 aliphatic heterocycles. The number of benzene rings is 2. The first kappa shape index (κ1) is 17.5. The molecule has 126 valence electrons. The van der Waals surface area contributed by atoms with Crippen molar-refractivity contribution in [1.29, 1.82) is 5.26 Å². The Balaban J connectivity index is 2.52.